The summed E-state index contributed by atoms with van der Waals surface area (Å²) in [7, 11) is 0. The molecule has 3 atom stereocenters. The Morgan fingerprint density at radius 2 is 2.12 bits per heavy atom. The molecule has 1 spiro atoms. The number of ketones is 1. The van der Waals surface area contributed by atoms with Crippen LogP contribution >= 0.6 is 0 Å². The first-order valence-corrected chi connectivity index (χ1v) is 9.99. The van der Waals surface area contributed by atoms with Crippen molar-refractivity contribution in [2.45, 2.75) is 57.3 Å². The zero-order valence-electron chi connectivity index (χ0n) is 15.1. The molecule has 3 unspecified atom stereocenters. The number of hydrogen-bond acceptors (Lipinski definition) is 1. The molecule has 0 amide bonds. The van der Waals surface area contributed by atoms with Gasteiger partial charge in [-0.3, -0.25) is 4.79 Å². The number of unbranched alkanes of at least 4 members (excludes halogenated alkanes) is 1. The fraction of sp³-hybridized carbons (Fsp3) is 0.458. The van der Waals surface area contributed by atoms with Crippen molar-refractivity contribution in [1.82, 2.24) is 0 Å². The minimum absolute atomic E-state index is 0.232. The van der Waals surface area contributed by atoms with Gasteiger partial charge in [-0.05, 0) is 78.0 Å². The lowest BCUT2D eigenvalue weighted by molar-refractivity contribution is 0.0944. The molecule has 1 fully saturated rings. The Morgan fingerprint density at radius 1 is 1.20 bits per heavy atom. The Bertz CT molecular complexity index is 890. The van der Waals surface area contributed by atoms with E-state index < -0.39 is 0 Å². The predicted molar refractivity (Wildman–Crippen MR) is 103 cm³/mol. The molecule has 128 valence electrons. The van der Waals surface area contributed by atoms with Gasteiger partial charge in [-0.2, -0.15) is 0 Å². The van der Waals surface area contributed by atoms with Crippen molar-refractivity contribution in [1.29, 1.82) is 0 Å². The van der Waals surface area contributed by atoms with E-state index in [0.717, 1.165) is 30.7 Å². The lowest BCUT2D eigenvalue weighted by atomic mass is 9.62. The van der Waals surface area contributed by atoms with Crippen LogP contribution in [0.1, 0.15) is 66.9 Å². The van der Waals surface area contributed by atoms with Gasteiger partial charge in [-0.1, -0.05) is 43.7 Å². The molecular weight excluding hydrogens is 304 g/mol. The molecule has 2 aromatic rings. The molecule has 2 bridgehead atoms. The average molecular weight is 330 g/mol. The second-order valence-corrected chi connectivity index (χ2v) is 8.41. The van der Waals surface area contributed by atoms with Crippen molar-refractivity contribution in [3.05, 3.63) is 59.2 Å². The van der Waals surface area contributed by atoms with Gasteiger partial charge < -0.3 is 0 Å². The van der Waals surface area contributed by atoms with Crippen molar-refractivity contribution in [3.63, 3.8) is 0 Å². The third-order valence-corrected chi connectivity index (χ3v) is 7.05. The molecule has 0 radical (unpaired) electrons. The smallest absolute Gasteiger partial charge is 0.163 e. The fourth-order valence-corrected chi connectivity index (χ4v) is 5.78. The average Bonchev–Trinajstić information content (AvgIpc) is 3.24. The van der Waals surface area contributed by atoms with Crippen LogP contribution in [0, 0.1) is 11.8 Å². The first kappa shape index (κ1) is 15.4. The molecule has 1 saturated carbocycles. The Hall–Kier alpha value is -1.89. The highest BCUT2D eigenvalue weighted by Crippen LogP contribution is 2.58. The normalized spacial score (nSPS) is 29.7. The van der Waals surface area contributed by atoms with Gasteiger partial charge in [-0.25, -0.2) is 0 Å². The number of hydrogen-bond donors (Lipinski definition) is 0. The van der Waals surface area contributed by atoms with Crippen LogP contribution in [0.5, 0.6) is 0 Å². The molecule has 5 rings (SSSR count). The molecule has 3 aliphatic carbocycles. The van der Waals surface area contributed by atoms with Gasteiger partial charge in [0.25, 0.3) is 0 Å². The van der Waals surface area contributed by atoms with Gasteiger partial charge in [0.05, 0.1) is 0 Å². The number of allylic oxidation sites excluding steroid dienone is 2. The largest absolute Gasteiger partial charge is 0.294 e. The van der Waals surface area contributed by atoms with Crippen LogP contribution in [-0.2, 0) is 11.8 Å². The second-order valence-electron chi connectivity index (χ2n) is 8.41. The van der Waals surface area contributed by atoms with Gasteiger partial charge >= 0.3 is 0 Å². The fourth-order valence-electron chi connectivity index (χ4n) is 5.78. The van der Waals surface area contributed by atoms with Crippen molar-refractivity contribution in [2.24, 2.45) is 11.8 Å². The van der Waals surface area contributed by atoms with Crippen LogP contribution in [0.3, 0.4) is 0 Å². The Labute approximate surface area is 150 Å². The van der Waals surface area contributed by atoms with E-state index >= 15 is 0 Å². The van der Waals surface area contributed by atoms with Crippen molar-refractivity contribution in [2.75, 3.05) is 0 Å². The third kappa shape index (κ3) is 2.18. The molecule has 0 N–H and O–H groups in total. The van der Waals surface area contributed by atoms with Crippen molar-refractivity contribution < 1.29 is 4.79 Å². The molecule has 2 aromatic carbocycles. The highest BCUT2D eigenvalue weighted by atomic mass is 16.1. The summed E-state index contributed by atoms with van der Waals surface area (Å²) in [4.78, 5) is 12.8. The lowest BCUT2D eigenvalue weighted by Gasteiger charge is -2.41. The summed E-state index contributed by atoms with van der Waals surface area (Å²) in [6.07, 6.45) is 12.7. The number of fused-ring (bicyclic) bond motifs is 6. The third-order valence-electron chi connectivity index (χ3n) is 7.05. The number of carbonyl (C=O) groups excluding carboxylic acids is 1. The minimum atomic E-state index is 0.232. The van der Waals surface area contributed by atoms with Gasteiger partial charge in [0.1, 0.15) is 0 Å². The number of rotatable bonds is 3. The molecular formula is C24H26O. The zero-order chi connectivity index (χ0) is 17.0. The van der Waals surface area contributed by atoms with Gasteiger partial charge in [0.2, 0.25) is 0 Å². The Kier molecular flexibility index (Phi) is 3.42. The highest BCUT2D eigenvalue weighted by molar-refractivity contribution is 6.03. The summed E-state index contributed by atoms with van der Waals surface area (Å²) < 4.78 is 0. The standard InChI is InChI=1S/C24H26O/c1-2-3-5-17-6-4-7-18-13-22-21(14-20(17)18)23(25)10-11-24(22)15-16-8-9-19(24)12-16/h4,6-9,13-14,16,19H,2-3,5,10-12,15H2,1H3. The Morgan fingerprint density at radius 3 is 2.88 bits per heavy atom. The van der Waals surface area contributed by atoms with Crippen LogP contribution in [0.2, 0.25) is 0 Å². The number of carbonyl (C=O) groups is 1. The summed E-state index contributed by atoms with van der Waals surface area (Å²) >= 11 is 0. The zero-order valence-corrected chi connectivity index (χ0v) is 15.1. The van der Waals surface area contributed by atoms with Gasteiger partial charge in [-0.15, -0.1) is 0 Å². The van der Waals surface area contributed by atoms with Crippen LogP contribution in [0.4, 0.5) is 0 Å². The van der Waals surface area contributed by atoms with E-state index in [1.54, 1.807) is 0 Å². The summed E-state index contributed by atoms with van der Waals surface area (Å²) in [6, 6.07) is 11.3. The second kappa shape index (κ2) is 5.56. The molecule has 1 nitrogen and oxygen atoms in total. The van der Waals surface area contributed by atoms with Crippen LogP contribution < -0.4 is 0 Å². The van der Waals surface area contributed by atoms with Crippen molar-refractivity contribution >= 4 is 16.6 Å². The van der Waals surface area contributed by atoms with E-state index in [1.165, 1.54) is 47.6 Å². The van der Waals surface area contributed by atoms with Gasteiger partial charge in [0, 0.05) is 17.4 Å². The first-order valence-electron chi connectivity index (χ1n) is 9.99. The SMILES string of the molecule is CCCCc1cccc2cc3c(cc12)C(=O)CCC31CC2C=CC1C2. The maximum Gasteiger partial charge on any atom is 0.163 e. The van der Waals surface area contributed by atoms with E-state index in [4.69, 9.17) is 0 Å². The molecule has 3 aliphatic rings. The summed E-state index contributed by atoms with van der Waals surface area (Å²) in [5, 5.41) is 2.63. The molecule has 0 aliphatic heterocycles. The monoisotopic (exact) mass is 330 g/mol. The number of aryl methyl sites for hydroxylation is 1. The van der Waals surface area contributed by atoms with Crippen molar-refractivity contribution in [3.8, 4) is 0 Å². The lowest BCUT2D eigenvalue weighted by Crippen LogP contribution is -2.36. The topological polar surface area (TPSA) is 17.1 Å². The molecule has 1 heteroatoms. The van der Waals surface area contributed by atoms with Crippen LogP contribution in [0.25, 0.3) is 10.8 Å². The maximum absolute atomic E-state index is 12.8. The minimum Gasteiger partial charge on any atom is -0.294 e. The molecule has 0 saturated heterocycles. The number of Topliss-reactive ketones (excluding diaryl/α,β-unsaturated/α-hetero) is 1. The van der Waals surface area contributed by atoms with E-state index in [0.29, 0.717) is 11.7 Å². The maximum atomic E-state index is 12.8. The summed E-state index contributed by atoms with van der Waals surface area (Å²) in [5.74, 6) is 1.74. The Balaban J connectivity index is 1.70. The first-order chi connectivity index (χ1) is 12.2. The summed E-state index contributed by atoms with van der Waals surface area (Å²) in [5.41, 5.74) is 4.03. The van der Waals surface area contributed by atoms with E-state index in [-0.39, 0.29) is 5.41 Å². The van der Waals surface area contributed by atoms with E-state index in [1.807, 2.05) is 0 Å². The van der Waals surface area contributed by atoms with Crippen LogP contribution in [-0.4, -0.2) is 5.78 Å². The van der Waals surface area contributed by atoms with Crippen LogP contribution in [0.15, 0.2) is 42.5 Å². The van der Waals surface area contributed by atoms with E-state index in [2.05, 4.69) is 49.4 Å². The highest BCUT2D eigenvalue weighted by Gasteiger charge is 2.52. The molecule has 0 aromatic heterocycles. The molecule has 25 heavy (non-hydrogen) atoms. The quantitative estimate of drug-likeness (QED) is 0.631. The predicted octanol–water partition coefficient (Wildman–Crippen LogP) is 5.99. The van der Waals surface area contributed by atoms with E-state index in [9.17, 15) is 4.79 Å². The number of benzene rings is 2. The van der Waals surface area contributed by atoms with Gasteiger partial charge in [0.15, 0.2) is 5.78 Å². The summed E-state index contributed by atoms with van der Waals surface area (Å²) in [6.45, 7) is 2.24. The molecule has 0 heterocycles.